The van der Waals surface area contributed by atoms with Crippen molar-refractivity contribution < 1.29 is 14.3 Å². The van der Waals surface area contributed by atoms with Crippen LogP contribution in [0.2, 0.25) is 0 Å². The molecule has 1 rings (SSSR count). The summed E-state index contributed by atoms with van der Waals surface area (Å²) in [6, 6.07) is 5.53. The average Bonchev–Trinajstić information content (AvgIpc) is 2.41. The zero-order chi connectivity index (χ0) is 14.3. The molecule has 5 nitrogen and oxygen atoms in total. The van der Waals surface area contributed by atoms with Gasteiger partial charge in [0.1, 0.15) is 0 Å². The molecular formula is C14H22N2O3. The first-order valence-corrected chi connectivity index (χ1v) is 6.51. The second-order valence-corrected chi connectivity index (χ2v) is 4.07. The third-order valence-corrected chi connectivity index (χ3v) is 2.63. The van der Waals surface area contributed by atoms with Crippen LogP contribution >= 0.6 is 0 Å². The van der Waals surface area contributed by atoms with Crippen molar-refractivity contribution in [2.75, 3.05) is 19.8 Å². The standard InChI is InChI=1S/C14H22N2O3/c1-4-18-12-7-6-11(8-13(12)19-5-2)10(3)16-14(17)9-15/h6-8,10H,4-5,9,15H2,1-3H3,(H,16,17). The summed E-state index contributed by atoms with van der Waals surface area (Å²) in [5.74, 6) is 1.22. The lowest BCUT2D eigenvalue weighted by molar-refractivity contribution is -0.120. The maximum absolute atomic E-state index is 11.3. The lowest BCUT2D eigenvalue weighted by Crippen LogP contribution is -2.32. The van der Waals surface area contributed by atoms with Gasteiger partial charge in [0.2, 0.25) is 5.91 Å². The summed E-state index contributed by atoms with van der Waals surface area (Å²) < 4.78 is 11.0. The van der Waals surface area contributed by atoms with Crippen molar-refractivity contribution in [1.29, 1.82) is 0 Å². The molecular weight excluding hydrogens is 244 g/mol. The Hall–Kier alpha value is -1.75. The molecule has 1 amide bonds. The average molecular weight is 266 g/mol. The van der Waals surface area contributed by atoms with E-state index in [1.807, 2.05) is 39.0 Å². The predicted octanol–water partition coefficient (Wildman–Crippen LogP) is 1.62. The van der Waals surface area contributed by atoms with Crippen LogP contribution in [0.5, 0.6) is 11.5 Å². The van der Waals surface area contributed by atoms with E-state index in [2.05, 4.69) is 5.32 Å². The highest BCUT2D eigenvalue weighted by Gasteiger charge is 2.12. The molecule has 0 saturated heterocycles. The Balaban J connectivity index is 2.90. The van der Waals surface area contributed by atoms with E-state index in [1.165, 1.54) is 0 Å². The van der Waals surface area contributed by atoms with Crippen LogP contribution in [0.15, 0.2) is 18.2 Å². The number of hydrogen-bond donors (Lipinski definition) is 2. The minimum atomic E-state index is -0.181. The van der Waals surface area contributed by atoms with Gasteiger partial charge in [-0.15, -0.1) is 0 Å². The lowest BCUT2D eigenvalue weighted by Gasteiger charge is -2.17. The van der Waals surface area contributed by atoms with Crippen LogP contribution < -0.4 is 20.5 Å². The maximum atomic E-state index is 11.3. The Morgan fingerprint density at radius 2 is 1.89 bits per heavy atom. The van der Waals surface area contributed by atoms with Gasteiger partial charge in [0.05, 0.1) is 25.8 Å². The van der Waals surface area contributed by atoms with Crippen LogP contribution in [-0.4, -0.2) is 25.7 Å². The van der Waals surface area contributed by atoms with Crippen LogP contribution in [0.4, 0.5) is 0 Å². The van der Waals surface area contributed by atoms with Crippen LogP contribution in [0, 0.1) is 0 Å². The fraction of sp³-hybridized carbons (Fsp3) is 0.500. The molecule has 0 aliphatic heterocycles. The monoisotopic (exact) mass is 266 g/mol. The maximum Gasteiger partial charge on any atom is 0.234 e. The van der Waals surface area contributed by atoms with E-state index >= 15 is 0 Å². The second kappa shape index (κ2) is 7.63. The molecule has 1 aromatic rings. The molecule has 1 unspecified atom stereocenters. The molecule has 19 heavy (non-hydrogen) atoms. The molecule has 1 atom stereocenters. The van der Waals surface area contributed by atoms with E-state index in [1.54, 1.807) is 0 Å². The summed E-state index contributed by atoms with van der Waals surface area (Å²) in [6.07, 6.45) is 0. The van der Waals surface area contributed by atoms with Gasteiger partial charge in [0.25, 0.3) is 0 Å². The molecule has 0 radical (unpaired) electrons. The number of carbonyl (C=O) groups is 1. The van der Waals surface area contributed by atoms with E-state index in [4.69, 9.17) is 15.2 Å². The van der Waals surface area contributed by atoms with Crippen LogP contribution in [-0.2, 0) is 4.79 Å². The highest BCUT2D eigenvalue weighted by molar-refractivity contribution is 5.78. The van der Waals surface area contributed by atoms with Crippen molar-refractivity contribution in [2.24, 2.45) is 5.73 Å². The van der Waals surface area contributed by atoms with E-state index in [0.717, 1.165) is 5.56 Å². The second-order valence-electron chi connectivity index (χ2n) is 4.07. The zero-order valence-electron chi connectivity index (χ0n) is 11.7. The zero-order valence-corrected chi connectivity index (χ0v) is 11.7. The minimum absolute atomic E-state index is 0.0142. The molecule has 0 heterocycles. The topological polar surface area (TPSA) is 73.6 Å². The summed E-state index contributed by atoms with van der Waals surface area (Å²) in [5.41, 5.74) is 6.24. The van der Waals surface area contributed by atoms with Crippen molar-refractivity contribution >= 4 is 5.91 Å². The quantitative estimate of drug-likeness (QED) is 0.786. The Bertz CT molecular complexity index is 421. The van der Waals surface area contributed by atoms with Gasteiger partial charge >= 0.3 is 0 Å². The molecule has 0 aliphatic carbocycles. The largest absolute Gasteiger partial charge is 0.490 e. The minimum Gasteiger partial charge on any atom is -0.490 e. The van der Waals surface area contributed by atoms with Gasteiger partial charge in [-0.05, 0) is 38.5 Å². The van der Waals surface area contributed by atoms with Crippen LogP contribution in [0.1, 0.15) is 32.4 Å². The first kappa shape index (κ1) is 15.3. The van der Waals surface area contributed by atoms with Crippen molar-refractivity contribution in [3.8, 4) is 11.5 Å². The van der Waals surface area contributed by atoms with Crippen molar-refractivity contribution in [2.45, 2.75) is 26.8 Å². The number of nitrogens with two attached hydrogens (primary N) is 1. The first-order valence-electron chi connectivity index (χ1n) is 6.51. The normalized spacial score (nSPS) is 11.8. The molecule has 0 fully saturated rings. The highest BCUT2D eigenvalue weighted by atomic mass is 16.5. The number of nitrogens with one attached hydrogen (secondary N) is 1. The predicted molar refractivity (Wildman–Crippen MR) is 74.4 cm³/mol. The van der Waals surface area contributed by atoms with Gasteiger partial charge < -0.3 is 20.5 Å². The van der Waals surface area contributed by atoms with Gasteiger partial charge in [-0.25, -0.2) is 0 Å². The van der Waals surface area contributed by atoms with Crippen LogP contribution in [0.25, 0.3) is 0 Å². The van der Waals surface area contributed by atoms with Gasteiger partial charge in [0, 0.05) is 0 Å². The third kappa shape index (κ3) is 4.44. The molecule has 106 valence electrons. The Morgan fingerprint density at radius 1 is 1.26 bits per heavy atom. The SMILES string of the molecule is CCOc1ccc(C(C)NC(=O)CN)cc1OCC. The molecule has 0 saturated carbocycles. The summed E-state index contributed by atoms with van der Waals surface area (Å²) >= 11 is 0. The fourth-order valence-electron chi connectivity index (χ4n) is 1.72. The third-order valence-electron chi connectivity index (χ3n) is 2.63. The molecule has 0 bridgehead atoms. The van der Waals surface area contributed by atoms with Gasteiger partial charge in [0.15, 0.2) is 11.5 Å². The van der Waals surface area contributed by atoms with E-state index in [-0.39, 0.29) is 18.5 Å². The molecule has 0 aromatic heterocycles. The van der Waals surface area contributed by atoms with Gasteiger partial charge in [-0.3, -0.25) is 4.79 Å². The van der Waals surface area contributed by atoms with E-state index in [0.29, 0.717) is 24.7 Å². The summed E-state index contributed by atoms with van der Waals surface area (Å²) in [6.45, 7) is 6.88. The number of rotatable bonds is 7. The Morgan fingerprint density at radius 3 is 2.47 bits per heavy atom. The molecule has 5 heteroatoms. The van der Waals surface area contributed by atoms with Gasteiger partial charge in [-0.1, -0.05) is 6.07 Å². The summed E-state index contributed by atoms with van der Waals surface area (Å²) in [4.78, 5) is 11.3. The van der Waals surface area contributed by atoms with Crippen LogP contribution in [0.3, 0.4) is 0 Å². The smallest absolute Gasteiger partial charge is 0.234 e. The fourth-order valence-corrected chi connectivity index (χ4v) is 1.72. The molecule has 0 aliphatic rings. The van der Waals surface area contributed by atoms with E-state index < -0.39 is 0 Å². The number of benzene rings is 1. The number of carbonyl (C=O) groups excluding carboxylic acids is 1. The lowest BCUT2D eigenvalue weighted by atomic mass is 10.1. The number of amides is 1. The highest BCUT2D eigenvalue weighted by Crippen LogP contribution is 2.30. The molecule has 3 N–H and O–H groups in total. The van der Waals surface area contributed by atoms with Gasteiger partial charge in [-0.2, -0.15) is 0 Å². The first-order chi connectivity index (χ1) is 9.12. The number of hydrogen-bond acceptors (Lipinski definition) is 4. The Kier molecular flexibility index (Phi) is 6.15. The van der Waals surface area contributed by atoms with Crippen molar-refractivity contribution in [3.63, 3.8) is 0 Å². The van der Waals surface area contributed by atoms with Crippen molar-refractivity contribution in [3.05, 3.63) is 23.8 Å². The molecule has 0 spiro atoms. The summed E-state index contributed by atoms with van der Waals surface area (Å²) in [7, 11) is 0. The molecule has 1 aromatic carbocycles. The summed E-state index contributed by atoms with van der Waals surface area (Å²) in [5, 5.41) is 2.81. The van der Waals surface area contributed by atoms with Crippen molar-refractivity contribution in [1.82, 2.24) is 5.32 Å². The number of ether oxygens (including phenoxy) is 2. The van der Waals surface area contributed by atoms with E-state index in [9.17, 15) is 4.79 Å². The Labute approximate surface area is 114 Å².